The summed E-state index contributed by atoms with van der Waals surface area (Å²) in [5, 5.41) is 13.3. The van der Waals surface area contributed by atoms with Crippen LogP contribution in [0.15, 0.2) is 47.8 Å². The second kappa shape index (κ2) is 12.4. The smallest absolute Gasteiger partial charge is 0.323 e. The molecule has 38 heavy (non-hydrogen) atoms. The number of H-pyrrole nitrogens is 1. The first-order valence-corrected chi connectivity index (χ1v) is 14.4. The summed E-state index contributed by atoms with van der Waals surface area (Å²) in [7, 11) is -4.16. The van der Waals surface area contributed by atoms with Gasteiger partial charge in [-0.2, -0.15) is 4.72 Å². The topological polar surface area (TPSA) is 157 Å². The third-order valence-corrected chi connectivity index (χ3v) is 8.26. The van der Waals surface area contributed by atoms with Gasteiger partial charge in [0.15, 0.2) is 5.95 Å². The Morgan fingerprint density at radius 3 is 2.71 bits per heavy atom. The summed E-state index contributed by atoms with van der Waals surface area (Å²) in [6, 6.07) is 5.37. The third-order valence-electron chi connectivity index (χ3n) is 6.76. The number of carboxylic acid groups (broad SMARTS) is 1. The van der Waals surface area contributed by atoms with Gasteiger partial charge >= 0.3 is 5.97 Å². The van der Waals surface area contributed by atoms with E-state index in [1.807, 2.05) is 13.0 Å². The van der Waals surface area contributed by atoms with Crippen LogP contribution in [0.1, 0.15) is 50.5 Å². The van der Waals surface area contributed by atoms with Gasteiger partial charge in [0.05, 0.1) is 5.52 Å². The molecule has 0 bridgehead atoms. The Morgan fingerprint density at radius 2 is 2.00 bits per heavy atom. The predicted octanol–water partition coefficient (Wildman–Crippen LogP) is 3.05. The van der Waals surface area contributed by atoms with Gasteiger partial charge < -0.3 is 20.3 Å². The molecule has 1 aliphatic carbocycles. The van der Waals surface area contributed by atoms with Crippen LogP contribution in [-0.2, 0) is 19.6 Å². The summed E-state index contributed by atoms with van der Waals surface area (Å²) in [6.07, 6.45) is 9.74. The molecular formula is C26H34N6O5S. The van der Waals surface area contributed by atoms with E-state index in [-0.39, 0.29) is 17.4 Å². The molecule has 1 aliphatic rings. The number of nitrogens with zero attached hydrogens (tertiary/aromatic N) is 3. The standard InChI is InChI=1S/C26H34N6O5S/c1-18-15-19-7-5-11-22(24(19)30-16-18)38(36,37)31-21(10-6-12-27-26-28-13-14-29-26)25(35)32(17-23(33)34)20-8-3-2-4-9-20/h5,7,11,13-16,20-21,31H,2-4,6,8-10,12,17H2,1H3,(H,33,34)(H2,27,28,29)/t21-/m0/s1. The minimum Gasteiger partial charge on any atom is -0.480 e. The molecule has 1 saturated carbocycles. The fraction of sp³-hybridized carbons (Fsp3) is 0.462. The Kier molecular flexibility index (Phi) is 8.95. The summed E-state index contributed by atoms with van der Waals surface area (Å²) in [6.45, 7) is 1.84. The number of aryl methyl sites for hydroxylation is 1. The number of carbonyl (C=O) groups excluding carboxylic acids is 1. The van der Waals surface area contributed by atoms with Gasteiger partial charge in [0.25, 0.3) is 0 Å². The summed E-state index contributed by atoms with van der Waals surface area (Å²) in [4.78, 5) is 38.2. The van der Waals surface area contributed by atoms with Gasteiger partial charge in [-0.15, -0.1) is 0 Å². The van der Waals surface area contributed by atoms with E-state index in [1.165, 1.54) is 11.0 Å². The van der Waals surface area contributed by atoms with Crippen LogP contribution < -0.4 is 10.0 Å². The van der Waals surface area contributed by atoms with Crippen LogP contribution in [0, 0.1) is 6.92 Å². The minimum absolute atomic E-state index is 0.0241. The number of amides is 1. The van der Waals surface area contributed by atoms with Crippen LogP contribution in [0.5, 0.6) is 0 Å². The molecule has 2 aromatic heterocycles. The number of aliphatic carboxylic acids is 1. The molecule has 1 aromatic carbocycles. The highest BCUT2D eigenvalue weighted by atomic mass is 32.2. The van der Waals surface area contributed by atoms with Crippen molar-refractivity contribution in [2.24, 2.45) is 0 Å². The lowest BCUT2D eigenvalue weighted by molar-refractivity contribution is -0.147. The average molecular weight is 543 g/mol. The van der Waals surface area contributed by atoms with Crippen molar-refractivity contribution >= 4 is 38.8 Å². The molecule has 0 spiro atoms. The quantitative estimate of drug-likeness (QED) is 0.254. The number of nitrogens with one attached hydrogen (secondary N) is 3. The first-order valence-electron chi connectivity index (χ1n) is 12.9. The van der Waals surface area contributed by atoms with E-state index in [1.54, 1.807) is 30.7 Å². The van der Waals surface area contributed by atoms with Crippen LogP contribution in [0.3, 0.4) is 0 Å². The van der Waals surface area contributed by atoms with E-state index in [4.69, 9.17) is 0 Å². The van der Waals surface area contributed by atoms with Crippen molar-refractivity contribution in [1.82, 2.24) is 24.6 Å². The number of anilines is 1. The van der Waals surface area contributed by atoms with Crippen LogP contribution >= 0.6 is 0 Å². The number of hydrogen-bond acceptors (Lipinski definition) is 7. The molecule has 1 atom stereocenters. The zero-order valence-corrected chi connectivity index (χ0v) is 22.2. The number of pyridine rings is 1. The normalized spacial score (nSPS) is 15.3. The largest absolute Gasteiger partial charge is 0.480 e. The van der Waals surface area contributed by atoms with Crippen molar-refractivity contribution in [2.75, 3.05) is 18.4 Å². The van der Waals surface area contributed by atoms with Gasteiger partial charge in [0, 0.05) is 36.6 Å². The first kappa shape index (κ1) is 27.5. The monoisotopic (exact) mass is 542 g/mol. The Balaban J connectivity index is 1.60. The summed E-state index contributed by atoms with van der Waals surface area (Å²) in [5.74, 6) is -1.08. The molecule has 4 rings (SSSR count). The zero-order valence-electron chi connectivity index (χ0n) is 21.4. The minimum atomic E-state index is -4.16. The van der Waals surface area contributed by atoms with E-state index in [2.05, 4.69) is 25.0 Å². The number of carbonyl (C=O) groups is 2. The number of imidazole rings is 1. The lowest BCUT2D eigenvalue weighted by Crippen LogP contribution is -2.53. The Labute approximate surface area is 222 Å². The number of rotatable bonds is 12. The van der Waals surface area contributed by atoms with Gasteiger partial charge in [-0.25, -0.2) is 13.4 Å². The Morgan fingerprint density at radius 1 is 1.21 bits per heavy atom. The molecule has 1 amide bonds. The highest BCUT2D eigenvalue weighted by Crippen LogP contribution is 2.25. The second-order valence-electron chi connectivity index (χ2n) is 9.67. The van der Waals surface area contributed by atoms with E-state index in [9.17, 15) is 23.1 Å². The number of hydrogen-bond donors (Lipinski definition) is 4. The highest BCUT2D eigenvalue weighted by Gasteiger charge is 2.34. The summed E-state index contributed by atoms with van der Waals surface area (Å²) in [5.41, 5.74) is 1.21. The van der Waals surface area contributed by atoms with Gasteiger partial charge in [-0.05, 0) is 50.3 Å². The maximum atomic E-state index is 13.8. The van der Waals surface area contributed by atoms with E-state index < -0.39 is 34.5 Å². The van der Waals surface area contributed by atoms with E-state index in [0.717, 1.165) is 24.8 Å². The number of sulfonamides is 1. The van der Waals surface area contributed by atoms with Crippen LogP contribution in [-0.4, -0.2) is 70.4 Å². The lowest BCUT2D eigenvalue weighted by Gasteiger charge is -2.35. The fourth-order valence-electron chi connectivity index (χ4n) is 4.94. The lowest BCUT2D eigenvalue weighted by atomic mass is 9.93. The maximum Gasteiger partial charge on any atom is 0.323 e. The van der Waals surface area contributed by atoms with Gasteiger partial charge in [0.2, 0.25) is 15.9 Å². The van der Waals surface area contributed by atoms with Crippen molar-refractivity contribution in [2.45, 2.75) is 68.8 Å². The summed E-state index contributed by atoms with van der Waals surface area (Å²) >= 11 is 0. The molecule has 1 fully saturated rings. The SMILES string of the molecule is Cc1cnc2c(S(=O)(=O)N[C@@H](CCCNc3ncc[nH]3)C(=O)N(CC(=O)O)C3CCCCC3)cccc2c1. The molecule has 0 saturated heterocycles. The molecule has 3 aromatic rings. The second-order valence-corrected chi connectivity index (χ2v) is 11.4. The molecular weight excluding hydrogens is 508 g/mol. The molecule has 12 heteroatoms. The van der Waals surface area contributed by atoms with Gasteiger partial charge in [-0.1, -0.05) is 31.4 Å². The number of para-hydroxylation sites is 1. The van der Waals surface area contributed by atoms with Crippen molar-refractivity contribution in [3.8, 4) is 0 Å². The molecule has 2 heterocycles. The van der Waals surface area contributed by atoms with Gasteiger partial charge in [0.1, 0.15) is 17.5 Å². The molecule has 11 nitrogen and oxygen atoms in total. The van der Waals surface area contributed by atoms with Crippen LogP contribution in [0.4, 0.5) is 5.95 Å². The number of carboxylic acids is 1. The summed E-state index contributed by atoms with van der Waals surface area (Å²) < 4.78 is 29.8. The molecule has 0 aliphatic heterocycles. The first-order chi connectivity index (χ1) is 18.2. The number of fused-ring (bicyclic) bond motifs is 1. The zero-order chi connectivity index (χ0) is 27.1. The predicted molar refractivity (Wildman–Crippen MR) is 143 cm³/mol. The Hall–Kier alpha value is -3.51. The van der Waals surface area contributed by atoms with Crippen molar-refractivity contribution in [1.29, 1.82) is 0 Å². The molecule has 0 radical (unpaired) electrons. The van der Waals surface area contributed by atoms with Crippen LogP contribution in [0.2, 0.25) is 0 Å². The number of aromatic nitrogens is 3. The van der Waals surface area contributed by atoms with Crippen molar-refractivity contribution in [3.63, 3.8) is 0 Å². The third kappa shape index (κ3) is 6.87. The van der Waals surface area contributed by atoms with E-state index in [0.29, 0.717) is 42.7 Å². The van der Waals surface area contributed by atoms with E-state index >= 15 is 0 Å². The van der Waals surface area contributed by atoms with Crippen molar-refractivity contribution in [3.05, 3.63) is 48.4 Å². The van der Waals surface area contributed by atoms with Crippen LogP contribution in [0.25, 0.3) is 10.9 Å². The fourth-order valence-corrected chi connectivity index (χ4v) is 6.35. The molecule has 204 valence electrons. The average Bonchev–Trinajstić information content (AvgIpc) is 3.42. The molecule has 0 unspecified atom stereocenters. The number of benzene rings is 1. The maximum absolute atomic E-state index is 13.8. The number of aromatic amines is 1. The highest BCUT2D eigenvalue weighted by molar-refractivity contribution is 7.89. The van der Waals surface area contributed by atoms with Gasteiger partial charge in [-0.3, -0.25) is 14.6 Å². The Bertz CT molecular complexity index is 1360. The van der Waals surface area contributed by atoms with Crippen molar-refractivity contribution < 1.29 is 23.1 Å². The molecule has 4 N–H and O–H groups in total.